The molecular formula is C6H10O3S. The van der Waals surface area contributed by atoms with Crippen molar-refractivity contribution in [1.82, 2.24) is 0 Å². The van der Waals surface area contributed by atoms with Crippen LogP contribution in [0.3, 0.4) is 0 Å². The van der Waals surface area contributed by atoms with E-state index in [1.165, 1.54) is 0 Å². The highest BCUT2D eigenvalue weighted by atomic mass is 32.1. The maximum absolute atomic E-state index is 10.5. The van der Waals surface area contributed by atoms with E-state index in [0.29, 0.717) is 6.42 Å². The van der Waals surface area contributed by atoms with Crippen molar-refractivity contribution in [2.24, 2.45) is 0 Å². The van der Waals surface area contributed by atoms with E-state index in [-0.39, 0.29) is 18.1 Å². The van der Waals surface area contributed by atoms with Crippen LogP contribution < -0.4 is 0 Å². The van der Waals surface area contributed by atoms with Crippen LogP contribution in [-0.4, -0.2) is 24.3 Å². The maximum Gasteiger partial charge on any atom is 0.343 e. The Morgan fingerprint density at radius 3 is 2.70 bits per heavy atom. The zero-order chi connectivity index (χ0) is 7.98. The topological polar surface area (TPSA) is 46.5 Å². The largest absolute Gasteiger partial charge is 0.462 e. The van der Waals surface area contributed by atoms with E-state index in [2.05, 4.69) is 23.9 Å². The lowest BCUT2D eigenvalue weighted by molar-refractivity contribution is -0.138. The third-order valence-corrected chi connectivity index (χ3v) is 0.954. The minimum absolute atomic E-state index is 0.0202. The Hall–Kier alpha value is -0.480. The normalized spacial score (nSPS) is 9.00. The van der Waals surface area contributed by atoms with Gasteiger partial charge in [0.05, 0.1) is 11.5 Å². The van der Waals surface area contributed by atoms with Crippen molar-refractivity contribution in [1.29, 1.82) is 0 Å². The second kappa shape index (κ2) is 5.32. The first kappa shape index (κ1) is 9.52. The number of carbonyl (C=O) groups is 1. The molecule has 0 spiro atoms. The number of rotatable bonds is 4. The Morgan fingerprint density at radius 1 is 1.70 bits per heavy atom. The van der Waals surface area contributed by atoms with Crippen LogP contribution in [0.25, 0.3) is 0 Å². The van der Waals surface area contributed by atoms with E-state index in [9.17, 15) is 4.79 Å². The zero-order valence-corrected chi connectivity index (χ0v) is 6.43. The van der Waals surface area contributed by atoms with Gasteiger partial charge in [-0.1, -0.05) is 6.58 Å². The number of thiol groups is 1. The van der Waals surface area contributed by atoms with E-state index in [1.54, 1.807) is 0 Å². The highest BCUT2D eigenvalue weighted by Gasteiger charge is 2.01. The Bertz CT molecular complexity index is 133. The molecule has 0 fully saturated rings. The summed E-state index contributed by atoms with van der Waals surface area (Å²) in [6, 6.07) is 0. The SMILES string of the molecule is C=C(S)C(=O)OCCCO. The minimum atomic E-state index is -0.531. The van der Waals surface area contributed by atoms with Crippen molar-refractivity contribution in [2.45, 2.75) is 6.42 Å². The molecule has 0 saturated carbocycles. The Kier molecular flexibility index (Phi) is 5.06. The molecule has 58 valence electrons. The van der Waals surface area contributed by atoms with Crippen LogP contribution in [0.15, 0.2) is 11.5 Å². The van der Waals surface area contributed by atoms with Crippen molar-refractivity contribution < 1.29 is 14.6 Å². The fourth-order valence-electron chi connectivity index (χ4n) is 0.313. The number of aliphatic hydroxyl groups excluding tert-OH is 1. The summed E-state index contributed by atoms with van der Waals surface area (Å²) in [6.07, 6.45) is 0.451. The van der Waals surface area contributed by atoms with Gasteiger partial charge in [0.25, 0.3) is 0 Å². The molecule has 0 aromatic rings. The Balaban J connectivity index is 3.31. The van der Waals surface area contributed by atoms with Crippen LogP contribution >= 0.6 is 12.6 Å². The first-order valence-corrected chi connectivity index (χ1v) is 3.29. The van der Waals surface area contributed by atoms with Gasteiger partial charge in [0.2, 0.25) is 0 Å². The van der Waals surface area contributed by atoms with Crippen LogP contribution in [0.1, 0.15) is 6.42 Å². The van der Waals surface area contributed by atoms with Gasteiger partial charge in [-0.15, -0.1) is 12.6 Å². The summed E-state index contributed by atoms with van der Waals surface area (Å²) in [6.45, 7) is 3.50. The van der Waals surface area contributed by atoms with Crippen LogP contribution in [0.4, 0.5) is 0 Å². The lowest BCUT2D eigenvalue weighted by atomic mass is 10.5. The molecule has 0 saturated heterocycles. The zero-order valence-electron chi connectivity index (χ0n) is 5.54. The lowest BCUT2D eigenvalue weighted by Gasteiger charge is -2.00. The molecule has 0 heterocycles. The average Bonchev–Trinajstić information content (AvgIpc) is 1.88. The number of carbonyl (C=O) groups excluding carboxylic acids is 1. The van der Waals surface area contributed by atoms with Crippen molar-refractivity contribution in [3.8, 4) is 0 Å². The minimum Gasteiger partial charge on any atom is -0.462 e. The van der Waals surface area contributed by atoms with Crippen LogP contribution in [-0.2, 0) is 9.53 Å². The molecule has 0 rings (SSSR count). The van der Waals surface area contributed by atoms with E-state index >= 15 is 0 Å². The number of hydrogen-bond acceptors (Lipinski definition) is 4. The molecule has 0 unspecified atom stereocenters. The molecule has 0 aliphatic rings. The summed E-state index contributed by atoms with van der Waals surface area (Å²) in [5.74, 6) is -0.531. The molecule has 1 N–H and O–H groups in total. The van der Waals surface area contributed by atoms with Gasteiger partial charge in [-0.05, 0) is 0 Å². The van der Waals surface area contributed by atoms with E-state index < -0.39 is 5.97 Å². The number of aliphatic hydroxyl groups is 1. The maximum atomic E-state index is 10.5. The third-order valence-electron chi connectivity index (χ3n) is 0.771. The number of esters is 1. The molecule has 0 atom stereocenters. The molecule has 0 aromatic heterocycles. The molecule has 0 amide bonds. The Labute approximate surface area is 65.1 Å². The molecule has 0 aliphatic carbocycles. The molecular weight excluding hydrogens is 152 g/mol. The van der Waals surface area contributed by atoms with Crippen LogP contribution in [0.2, 0.25) is 0 Å². The summed E-state index contributed by atoms with van der Waals surface area (Å²) in [5.41, 5.74) is 0. The monoisotopic (exact) mass is 162 g/mol. The molecule has 0 radical (unpaired) electrons. The van der Waals surface area contributed by atoms with Gasteiger partial charge in [-0.25, -0.2) is 4.79 Å². The summed E-state index contributed by atoms with van der Waals surface area (Å²) >= 11 is 3.66. The number of hydrogen-bond donors (Lipinski definition) is 2. The third kappa shape index (κ3) is 4.40. The summed E-state index contributed by atoms with van der Waals surface area (Å²) in [4.78, 5) is 10.6. The summed E-state index contributed by atoms with van der Waals surface area (Å²) in [7, 11) is 0. The van der Waals surface area contributed by atoms with Gasteiger partial charge in [-0.3, -0.25) is 0 Å². The van der Waals surface area contributed by atoms with Gasteiger partial charge >= 0.3 is 5.97 Å². The molecule has 10 heavy (non-hydrogen) atoms. The standard InChI is InChI=1S/C6H10O3S/c1-5(10)6(8)9-4-2-3-7/h7,10H,1-4H2. The van der Waals surface area contributed by atoms with Crippen molar-refractivity contribution >= 4 is 18.6 Å². The first-order valence-electron chi connectivity index (χ1n) is 2.84. The highest BCUT2D eigenvalue weighted by molar-refractivity contribution is 7.85. The molecule has 4 heteroatoms. The smallest absolute Gasteiger partial charge is 0.343 e. The fraction of sp³-hybridized carbons (Fsp3) is 0.500. The summed E-state index contributed by atoms with van der Waals surface area (Å²) in [5, 5.41) is 8.28. The quantitative estimate of drug-likeness (QED) is 0.271. The van der Waals surface area contributed by atoms with E-state index in [0.717, 1.165) is 0 Å². The molecule has 0 aliphatic heterocycles. The van der Waals surface area contributed by atoms with E-state index in [1.807, 2.05) is 0 Å². The average molecular weight is 162 g/mol. The predicted octanol–water partition coefficient (Wildman–Crippen LogP) is 0.355. The fourth-order valence-corrected chi connectivity index (χ4v) is 0.377. The van der Waals surface area contributed by atoms with Gasteiger partial charge < -0.3 is 9.84 Å². The van der Waals surface area contributed by atoms with Crippen molar-refractivity contribution in [3.05, 3.63) is 11.5 Å². The molecule has 0 bridgehead atoms. The van der Waals surface area contributed by atoms with Gasteiger partial charge in [-0.2, -0.15) is 0 Å². The van der Waals surface area contributed by atoms with Crippen LogP contribution in [0, 0.1) is 0 Å². The van der Waals surface area contributed by atoms with E-state index in [4.69, 9.17) is 5.11 Å². The highest BCUT2D eigenvalue weighted by Crippen LogP contribution is 1.98. The summed E-state index contributed by atoms with van der Waals surface area (Å²) < 4.78 is 4.57. The molecule has 3 nitrogen and oxygen atoms in total. The van der Waals surface area contributed by atoms with Gasteiger partial charge in [0.15, 0.2) is 0 Å². The van der Waals surface area contributed by atoms with Gasteiger partial charge in [0, 0.05) is 13.0 Å². The number of ether oxygens (including phenoxy) is 1. The Morgan fingerprint density at radius 2 is 2.30 bits per heavy atom. The van der Waals surface area contributed by atoms with Gasteiger partial charge in [0.1, 0.15) is 0 Å². The van der Waals surface area contributed by atoms with Crippen molar-refractivity contribution in [2.75, 3.05) is 13.2 Å². The lowest BCUT2D eigenvalue weighted by Crippen LogP contribution is -2.05. The van der Waals surface area contributed by atoms with Crippen LogP contribution in [0.5, 0.6) is 0 Å². The predicted molar refractivity (Wildman–Crippen MR) is 40.8 cm³/mol. The van der Waals surface area contributed by atoms with Crippen molar-refractivity contribution in [3.63, 3.8) is 0 Å². The molecule has 0 aromatic carbocycles. The second-order valence-corrected chi connectivity index (χ2v) is 2.20. The first-order chi connectivity index (χ1) is 4.68. The second-order valence-electron chi connectivity index (χ2n) is 1.66.